The predicted octanol–water partition coefficient (Wildman–Crippen LogP) is 4.78. The summed E-state index contributed by atoms with van der Waals surface area (Å²) in [6.45, 7) is 4.89. The van der Waals surface area contributed by atoms with Gasteiger partial charge in [0.1, 0.15) is 11.1 Å². The number of hydrogen-bond acceptors (Lipinski definition) is 6. The van der Waals surface area contributed by atoms with E-state index in [1.165, 1.54) is 6.07 Å². The van der Waals surface area contributed by atoms with Crippen molar-refractivity contribution in [1.82, 2.24) is 5.32 Å². The Balaban J connectivity index is 0.00000578. The van der Waals surface area contributed by atoms with E-state index >= 15 is 0 Å². The lowest BCUT2D eigenvalue weighted by Gasteiger charge is -2.20. The lowest BCUT2D eigenvalue weighted by Crippen LogP contribution is -2.43. The van der Waals surface area contributed by atoms with Crippen LogP contribution in [0.5, 0.6) is 11.5 Å². The van der Waals surface area contributed by atoms with Crippen LogP contribution in [0, 0.1) is 5.92 Å². The second kappa shape index (κ2) is 14.9. The SMILES string of the molecule is CC(C)COC(=O)[C@H](Cc1ccccc1)NC(=O)c1cc(Cl)c(OCCCCN)c(Cl)c1O.Cl. The third kappa shape index (κ3) is 8.87. The highest BCUT2D eigenvalue weighted by Gasteiger charge is 2.27. The van der Waals surface area contributed by atoms with Crippen molar-refractivity contribution in [2.75, 3.05) is 19.8 Å². The summed E-state index contributed by atoms with van der Waals surface area (Å²) in [5.74, 6) is -1.55. The number of unbranched alkanes of at least 4 members (excludes halogenated alkanes) is 1. The van der Waals surface area contributed by atoms with Crippen molar-refractivity contribution in [1.29, 1.82) is 0 Å². The highest BCUT2D eigenvalue weighted by molar-refractivity contribution is 6.39. The first kappa shape index (κ1) is 29.8. The number of aromatic hydroxyl groups is 1. The van der Waals surface area contributed by atoms with Crippen LogP contribution in [0.3, 0.4) is 0 Å². The Bertz CT molecular complexity index is 942. The van der Waals surface area contributed by atoms with E-state index in [1.54, 1.807) is 0 Å². The molecule has 0 heterocycles. The molecule has 0 saturated carbocycles. The summed E-state index contributed by atoms with van der Waals surface area (Å²) in [7, 11) is 0. The van der Waals surface area contributed by atoms with Crippen molar-refractivity contribution in [3.8, 4) is 11.5 Å². The first-order valence-electron chi connectivity index (χ1n) is 10.8. The van der Waals surface area contributed by atoms with Crippen LogP contribution in [0.1, 0.15) is 42.6 Å². The molecule has 0 unspecified atom stereocenters. The number of halogens is 3. The Morgan fingerprint density at radius 3 is 2.44 bits per heavy atom. The van der Waals surface area contributed by atoms with Crippen molar-refractivity contribution in [3.63, 3.8) is 0 Å². The highest BCUT2D eigenvalue weighted by atomic mass is 35.5. The lowest BCUT2D eigenvalue weighted by molar-refractivity contribution is -0.147. The third-order valence-electron chi connectivity index (χ3n) is 4.67. The zero-order valence-electron chi connectivity index (χ0n) is 19.2. The van der Waals surface area contributed by atoms with E-state index in [-0.39, 0.29) is 52.7 Å². The number of phenolic OH excluding ortho intramolecular Hbond substituents is 1. The van der Waals surface area contributed by atoms with Crippen LogP contribution < -0.4 is 15.8 Å². The number of nitrogens with two attached hydrogens (primary N) is 1. The molecule has 188 valence electrons. The van der Waals surface area contributed by atoms with Crippen LogP contribution in [-0.4, -0.2) is 42.8 Å². The van der Waals surface area contributed by atoms with E-state index in [4.69, 9.17) is 38.4 Å². The maximum atomic E-state index is 13.0. The molecule has 7 nitrogen and oxygen atoms in total. The Kier molecular flexibility index (Phi) is 13.1. The van der Waals surface area contributed by atoms with Gasteiger partial charge < -0.3 is 25.6 Å². The fourth-order valence-electron chi connectivity index (χ4n) is 2.95. The van der Waals surface area contributed by atoms with E-state index in [1.807, 2.05) is 44.2 Å². The molecule has 0 radical (unpaired) electrons. The lowest BCUT2D eigenvalue weighted by atomic mass is 10.0. The van der Waals surface area contributed by atoms with Crippen molar-refractivity contribution >= 4 is 47.5 Å². The summed E-state index contributed by atoms with van der Waals surface area (Å²) in [6.07, 6.45) is 1.66. The quantitative estimate of drug-likeness (QED) is 0.267. The number of carbonyl (C=O) groups is 2. The zero-order chi connectivity index (χ0) is 24.4. The molecule has 4 N–H and O–H groups in total. The monoisotopic (exact) mass is 532 g/mol. The Hall–Kier alpha value is -2.19. The van der Waals surface area contributed by atoms with Gasteiger partial charge in [-0.05, 0) is 36.9 Å². The summed E-state index contributed by atoms with van der Waals surface area (Å²) in [5, 5.41) is 13.0. The maximum Gasteiger partial charge on any atom is 0.329 e. The topological polar surface area (TPSA) is 111 Å². The number of carbonyl (C=O) groups excluding carboxylic acids is 2. The van der Waals surface area contributed by atoms with E-state index < -0.39 is 23.7 Å². The number of esters is 1. The third-order valence-corrected chi connectivity index (χ3v) is 5.30. The normalized spacial score (nSPS) is 11.5. The number of nitrogens with one attached hydrogen (secondary N) is 1. The van der Waals surface area contributed by atoms with Crippen LogP contribution >= 0.6 is 35.6 Å². The number of ether oxygens (including phenoxy) is 2. The molecular weight excluding hydrogens is 503 g/mol. The molecule has 0 aliphatic rings. The van der Waals surface area contributed by atoms with Gasteiger partial charge in [0.2, 0.25) is 0 Å². The van der Waals surface area contributed by atoms with Crippen LogP contribution in [0.4, 0.5) is 0 Å². The standard InChI is InChI=1S/C24H30Cl2N2O5.ClH/c1-15(2)14-33-24(31)19(12-16-8-4-3-5-9-16)28-23(30)17-13-18(25)22(20(26)21(17)29)32-11-7-6-10-27;/h3-5,8-9,13,15,19,29H,6-7,10-12,14,27H2,1-2H3,(H,28,30);1H/t19-;/m0./s1. The minimum absolute atomic E-state index is 0. The van der Waals surface area contributed by atoms with Crippen molar-refractivity contribution < 1.29 is 24.2 Å². The molecule has 10 heteroatoms. The highest BCUT2D eigenvalue weighted by Crippen LogP contribution is 2.42. The van der Waals surface area contributed by atoms with Crippen molar-refractivity contribution in [3.05, 3.63) is 57.6 Å². The van der Waals surface area contributed by atoms with Gasteiger partial charge in [-0.25, -0.2) is 4.79 Å². The van der Waals surface area contributed by atoms with Crippen LogP contribution in [-0.2, 0) is 16.0 Å². The Morgan fingerprint density at radius 1 is 1.15 bits per heavy atom. The van der Waals surface area contributed by atoms with Gasteiger partial charge >= 0.3 is 5.97 Å². The minimum Gasteiger partial charge on any atom is -0.505 e. The fourth-order valence-corrected chi connectivity index (χ4v) is 3.51. The molecule has 0 aromatic heterocycles. The first-order chi connectivity index (χ1) is 15.7. The van der Waals surface area contributed by atoms with E-state index in [0.29, 0.717) is 19.6 Å². The molecule has 2 rings (SSSR count). The van der Waals surface area contributed by atoms with Gasteiger partial charge in [-0.3, -0.25) is 4.79 Å². The van der Waals surface area contributed by atoms with Gasteiger partial charge in [-0.2, -0.15) is 0 Å². The smallest absolute Gasteiger partial charge is 0.329 e. The molecule has 0 saturated heterocycles. The molecule has 2 aromatic rings. The summed E-state index contributed by atoms with van der Waals surface area (Å²) >= 11 is 12.5. The summed E-state index contributed by atoms with van der Waals surface area (Å²) in [5.41, 5.74) is 6.13. The zero-order valence-corrected chi connectivity index (χ0v) is 21.5. The van der Waals surface area contributed by atoms with Crippen LogP contribution in [0.25, 0.3) is 0 Å². The molecular formula is C24H31Cl3N2O5. The van der Waals surface area contributed by atoms with Crippen LogP contribution in [0.15, 0.2) is 36.4 Å². The molecule has 0 aliphatic carbocycles. The van der Waals surface area contributed by atoms with Gasteiger partial charge in [0.05, 0.1) is 23.8 Å². The Morgan fingerprint density at radius 2 is 1.82 bits per heavy atom. The number of phenols is 1. The number of benzene rings is 2. The number of amides is 1. The molecule has 0 bridgehead atoms. The number of hydrogen-bond donors (Lipinski definition) is 3. The van der Waals surface area contributed by atoms with Gasteiger partial charge in [0, 0.05) is 6.42 Å². The minimum atomic E-state index is -0.970. The largest absolute Gasteiger partial charge is 0.505 e. The van der Waals surface area contributed by atoms with Gasteiger partial charge in [-0.1, -0.05) is 67.4 Å². The Labute approximate surface area is 216 Å². The maximum absolute atomic E-state index is 13.0. The average molecular weight is 534 g/mol. The summed E-state index contributed by atoms with van der Waals surface area (Å²) in [4.78, 5) is 25.7. The molecule has 0 fully saturated rings. The molecule has 0 aliphatic heterocycles. The molecule has 2 aromatic carbocycles. The predicted molar refractivity (Wildman–Crippen MR) is 136 cm³/mol. The van der Waals surface area contributed by atoms with Gasteiger partial charge in [-0.15, -0.1) is 12.4 Å². The average Bonchev–Trinajstić information content (AvgIpc) is 2.79. The summed E-state index contributed by atoms with van der Waals surface area (Å²) in [6, 6.07) is 9.51. The molecule has 1 atom stereocenters. The second-order valence-corrected chi connectivity index (χ2v) is 8.77. The number of rotatable bonds is 12. The molecule has 1 amide bonds. The molecule has 0 spiro atoms. The van der Waals surface area contributed by atoms with Crippen LogP contribution in [0.2, 0.25) is 10.0 Å². The van der Waals surface area contributed by atoms with Crippen molar-refractivity contribution in [2.45, 2.75) is 39.2 Å². The van der Waals surface area contributed by atoms with Gasteiger partial charge in [0.15, 0.2) is 11.5 Å². The van der Waals surface area contributed by atoms with Gasteiger partial charge in [0.25, 0.3) is 5.91 Å². The van der Waals surface area contributed by atoms with E-state index in [9.17, 15) is 14.7 Å². The first-order valence-corrected chi connectivity index (χ1v) is 11.5. The molecule has 34 heavy (non-hydrogen) atoms. The second-order valence-electron chi connectivity index (χ2n) is 7.98. The summed E-state index contributed by atoms with van der Waals surface area (Å²) < 4.78 is 10.9. The van der Waals surface area contributed by atoms with E-state index in [0.717, 1.165) is 12.0 Å². The van der Waals surface area contributed by atoms with E-state index in [2.05, 4.69) is 5.32 Å². The fraction of sp³-hybridized carbons (Fsp3) is 0.417. The van der Waals surface area contributed by atoms with Crippen molar-refractivity contribution in [2.24, 2.45) is 11.7 Å².